The van der Waals surface area contributed by atoms with Crippen LogP contribution in [0.2, 0.25) is 5.02 Å². The second-order valence-electron chi connectivity index (χ2n) is 6.01. The zero-order valence-electron chi connectivity index (χ0n) is 15.4. The van der Waals surface area contributed by atoms with Crippen molar-refractivity contribution in [2.45, 2.75) is 6.54 Å². The van der Waals surface area contributed by atoms with Crippen LogP contribution in [0, 0.1) is 0 Å². The number of methoxy groups -OCH3 is 2. The first-order valence-electron chi connectivity index (χ1n) is 8.49. The zero-order valence-corrected chi connectivity index (χ0v) is 16.2. The molecule has 0 fully saturated rings. The van der Waals surface area contributed by atoms with Gasteiger partial charge in [0.1, 0.15) is 17.1 Å². The molecule has 28 heavy (non-hydrogen) atoms. The van der Waals surface area contributed by atoms with Crippen LogP contribution in [0.1, 0.15) is 15.9 Å². The van der Waals surface area contributed by atoms with Crippen LogP contribution in [-0.4, -0.2) is 24.7 Å². The maximum atomic E-state index is 12.8. The lowest BCUT2D eigenvalue weighted by molar-refractivity contribution is 0.102. The number of aromatic nitrogens is 1. The van der Waals surface area contributed by atoms with Crippen LogP contribution < -0.4 is 20.3 Å². The number of hydrogen-bond donors (Lipinski definition) is 1. The van der Waals surface area contributed by atoms with E-state index in [2.05, 4.69) is 5.32 Å². The van der Waals surface area contributed by atoms with Crippen LogP contribution in [0.3, 0.4) is 0 Å². The van der Waals surface area contributed by atoms with Crippen molar-refractivity contribution in [1.82, 2.24) is 4.57 Å². The van der Waals surface area contributed by atoms with Gasteiger partial charge >= 0.3 is 0 Å². The minimum absolute atomic E-state index is 0.0226. The summed E-state index contributed by atoms with van der Waals surface area (Å²) in [7, 11) is 3.02. The monoisotopic (exact) mass is 398 g/mol. The summed E-state index contributed by atoms with van der Waals surface area (Å²) in [5, 5.41) is 3.30. The van der Waals surface area contributed by atoms with E-state index in [1.165, 1.54) is 24.9 Å². The van der Waals surface area contributed by atoms with Crippen LogP contribution in [0.25, 0.3) is 0 Å². The Labute approximate surface area is 167 Å². The third-order valence-corrected chi connectivity index (χ3v) is 4.40. The number of amides is 1. The number of nitrogens with zero attached hydrogens (tertiary/aromatic N) is 1. The van der Waals surface area contributed by atoms with Crippen LogP contribution in [-0.2, 0) is 6.54 Å². The fourth-order valence-electron chi connectivity index (χ4n) is 2.77. The van der Waals surface area contributed by atoms with E-state index >= 15 is 0 Å². The van der Waals surface area contributed by atoms with Gasteiger partial charge < -0.3 is 19.4 Å². The summed E-state index contributed by atoms with van der Waals surface area (Å²) in [6.07, 6.45) is 1.63. The van der Waals surface area contributed by atoms with Gasteiger partial charge in [-0.05, 0) is 42.0 Å². The lowest BCUT2D eigenvalue weighted by Crippen LogP contribution is -2.29. The Morgan fingerprint density at radius 2 is 1.89 bits per heavy atom. The number of hydrogen-bond acceptors (Lipinski definition) is 4. The average Bonchev–Trinajstić information content (AvgIpc) is 2.69. The number of benzene rings is 2. The predicted octanol–water partition coefficient (Wildman–Crippen LogP) is 3.82. The highest BCUT2D eigenvalue weighted by molar-refractivity contribution is 6.30. The molecule has 0 aliphatic carbocycles. The van der Waals surface area contributed by atoms with E-state index < -0.39 is 11.5 Å². The summed E-state index contributed by atoms with van der Waals surface area (Å²) in [5.41, 5.74) is 0.898. The molecule has 0 atom stereocenters. The lowest BCUT2D eigenvalue weighted by atomic mass is 10.2. The van der Waals surface area contributed by atoms with Crippen molar-refractivity contribution < 1.29 is 14.3 Å². The van der Waals surface area contributed by atoms with Gasteiger partial charge in [0.15, 0.2) is 0 Å². The third kappa shape index (κ3) is 4.35. The predicted molar refractivity (Wildman–Crippen MR) is 109 cm³/mol. The van der Waals surface area contributed by atoms with Crippen LogP contribution in [0.15, 0.2) is 65.6 Å². The van der Waals surface area contributed by atoms with E-state index in [0.717, 1.165) is 5.56 Å². The number of rotatable bonds is 6. The topological polar surface area (TPSA) is 69.6 Å². The third-order valence-electron chi connectivity index (χ3n) is 4.16. The van der Waals surface area contributed by atoms with E-state index in [-0.39, 0.29) is 5.56 Å². The lowest BCUT2D eigenvalue weighted by Gasteiger charge is -2.12. The van der Waals surface area contributed by atoms with E-state index in [1.54, 1.807) is 42.6 Å². The summed E-state index contributed by atoms with van der Waals surface area (Å²) in [5.74, 6) is 0.490. The summed E-state index contributed by atoms with van der Waals surface area (Å²) < 4.78 is 11.9. The summed E-state index contributed by atoms with van der Waals surface area (Å²) >= 11 is 6.00. The average molecular weight is 399 g/mol. The molecular weight excluding hydrogens is 380 g/mol. The number of ether oxygens (including phenoxy) is 2. The van der Waals surface area contributed by atoms with Crippen molar-refractivity contribution in [3.63, 3.8) is 0 Å². The highest BCUT2D eigenvalue weighted by Crippen LogP contribution is 2.29. The highest BCUT2D eigenvalue weighted by atomic mass is 35.5. The molecule has 6 nitrogen and oxygen atoms in total. The second kappa shape index (κ2) is 8.63. The van der Waals surface area contributed by atoms with Gasteiger partial charge in [-0.3, -0.25) is 9.59 Å². The summed E-state index contributed by atoms with van der Waals surface area (Å²) in [4.78, 5) is 25.5. The minimum Gasteiger partial charge on any atom is -0.497 e. The van der Waals surface area contributed by atoms with Crippen LogP contribution in [0.4, 0.5) is 5.69 Å². The quantitative estimate of drug-likeness (QED) is 0.685. The normalized spacial score (nSPS) is 10.4. The Hall–Kier alpha value is -3.25. The van der Waals surface area contributed by atoms with Gasteiger partial charge in [0.25, 0.3) is 11.5 Å². The van der Waals surface area contributed by atoms with Gasteiger partial charge in [-0.2, -0.15) is 0 Å². The number of anilines is 1. The number of carbonyl (C=O) groups is 1. The SMILES string of the molecule is COc1ccc(OC)c(NC(=O)c2cccn(Cc3cccc(Cl)c3)c2=O)c1. The number of nitrogens with one attached hydrogen (secondary N) is 1. The van der Waals surface area contributed by atoms with Crippen molar-refractivity contribution in [1.29, 1.82) is 0 Å². The minimum atomic E-state index is -0.531. The zero-order chi connectivity index (χ0) is 20.1. The van der Waals surface area contributed by atoms with E-state index in [9.17, 15) is 9.59 Å². The molecule has 1 heterocycles. The summed E-state index contributed by atoms with van der Waals surface area (Å²) in [6.45, 7) is 0.309. The first-order chi connectivity index (χ1) is 13.5. The fraction of sp³-hybridized carbons (Fsp3) is 0.143. The van der Waals surface area contributed by atoms with E-state index in [0.29, 0.717) is 28.8 Å². The molecule has 0 aliphatic heterocycles. The summed E-state index contributed by atoms with van der Waals surface area (Å²) in [6, 6.07) is 15.4. The van der Waals surface area contributed by atoms with Crippen LogP contribution >= 0.6 is 11.6 Å². The van der Waals surface area contributed by atoms with Crippen molar-refractivity contribution in [2.75, 3.05) is 19.5 Å². The Morgan fingerprint density at radius 1 is 1.07 bits per heavy atom. The maximum Gasteiger partial charge on any atom is 0.263 e. The molecule has 3 rings (SSSR count). The first-order valence-corrected chi connectivity index (χ1v) is 8.87. The van der Waals surface area contributed by atoms with E-state index in [4.69, 9.17) is 21.1 Å². The van der Waals surface area contributed by atoms with Crippen molar-refractivity contribution in [3.05, 3.63) is 87.3 Å². The number of halogens is 1. The van der Waals surface area contributed by atoms with Crippen molar-refractivity contribution >= 4 is 23.2 Å². The van der Waals surface area contributed by atoms with Gasteiger partial charge in [-0.1, -0.05) is 23.7 Å². The Bertz CT molecular complexity index is 1060. The van der Waals surface area contributed by atoms with E-state index in [1.807, 2.05) is 12.1 Å². The molecule has 1 amide bonds. The van der Waals surface area contributed by atoms with Crippen LogP contribution in [0.5, 0.6) is 11.5 Å². The van der Waals surface area contributed by atoms with Gasteiger partial charge in [0.05, 0.1) is 26.5 Å². The molecule has 144 valence electrons. The molecule has 2 aromatic carbocycles. The van der Waals surface area contributed by atoms with Crippen molar-refractivity contribution in [3.8, 4) is 11.5 Å². The van der Waals surface area contributed by atoms with Gasteiger partial charge in [-0.25, -0.2) is 0 Å². The number of pyridine rings is 1. The smallest absolute Gasteiger partial charge is 0.263 e. The van der Waals surface area contributed by atoms with Crippen molar-refractivity contribution in [2.24, 2.45) is 0 Å². The molecule has 0 saturated carbocycles. The Kier molecular flexibility index (Phi) is 6.01. The maximum absolute atomic E-state index is 12.8. The molecule has 7 heteroatoms. The molecule has 0 aliphatic rings. The molecule has 0 saturated heterocycles. The molecule has 3 aromatic rings. The Morgan fingerprint density at radius 3 is 2.61 bits per heavy atom. The standard InChI is InChI=1S/C21H19ClN2O4/c1-27-16-8-9-19(28-2)18(12-16)23-20(25)17-7-4-10-24(21(17)26)13-14-5-3-6-15(22)11-14/h3-12H,13H2,1-2H3,(H,23,25). The Balaban J connectivity index is 1.88. The molecule has 0 bridgehead atoms. The van der Waals surface area contributed by atoms with Gasteiger partial charge in [0, 0.05) is 17.3 Å². The second-order valence-corrected chi connectivity index (χ2v) is 6.44. The van der Waals surface area contributed by atoms with Gasteiger partial charge in [-0.15, -0.1) is 0 Å². The molecule has 1 N–H and O–H groups in total. The van der Waals surface area contributed by atoms with Gasteiger partial charge in [0.2, 0.25) is 0 Å². The molecule has 0 unspecified atom stereocenters. The molecule has 1 aromatic heterocycles. The fourth-order valence-corrected chi connectivity index (χ4v) is 2.98. The molecule has 0 spiro atoms. The highest BCUT2D eigenvalue weighted by Gasteiger charge is 2.15. The first kappa shape index (κ1) is 19.5. The largest absolute Gasteiger partial charge is 0.497 e. The number of carbonyl (C=O) groups excluding carboxylic acids is 1. The molecule has 0 radical (unpaired) electrons. The molecular formula is C21H19ClN2O4.